The number of nitrogens with zero attached hydrogens (tertiary/aromatic N) is 2. The van der Waals surface area contributed by atoms with Crippen molar-refractivity contribution < 1.29 is 0 Å². The first-order valence-corrected chi connectivity index (χ1v) is 7.61. The van der Waals surface area contributed by atoms with Gasteiger partial charge in [-0.1, -0.05) is 65.2 Å². The van der Waals surface area contributed by atoms with Crippen molar-refractivity contribution in [2.45, 2.75) is 0 Å². The molecule has 5 aromatic rings. The fourth-order valence-corrected chi connectivity index (χ4v) is 3.08. The van der Waals surface area contributed by atoms with E-state index >= 15 is 0 Å². The van der Waals surface area contributed by atoms with Gasteiger partial charge >= 0.3 is 0 Å². The molecule has 0 unspecified atom stereocenters. The van der Waals surface area contributed by atoms with Gasteiger partial charge in [0.05, 0.1) is 6.20 Å². The third-order valence-electron chi connectivity index (χ3n) is 3.68. The maximum atomic E-state index is 3.51. The molecule has 1 heterocycles. The molecule has 0 aliphatic rings. The summed E-state index contributed by atoms with van der Waals surface area (Å²) >= 11 is 1.35. The molecule has 0 saturated carbocycles. The number of aromatic nitrogens is 2. The third-order valence-corrected chi connectivity index (χ3v) is 4.11. The van der Waals surface area contributed by atoms with Gasteiger partial charge in [0.15, 0.2) is 0 Å². The zero-order chi connectivity index (χ0) is 14.1. The van der Waals surface area contributed by atoms with Gasteiger partial charge in [0.1, 0.15) is 0 Å². The van der Waals surface area contributed by atoms with E-state index in [1.807, 2.05) is 5.38 Å². The van der Waals surface area contributed by atoms with Crippen molar-refractivity contribution in [1.29, 1.82) is 0 Å². The lowest BCUT2D eigenvalue weighted by atomic mass is 9.95. The van der Waals surface area contributed by atoms with Crippen LogP contribution in [0.2, 0.25) is 0 Å². The second-order valence-electron chi connectivity index (χ2n) is 4.88. The number of benzene rings is 4. The van der Waals surface area contributed by atoms with Crippen LogP contribution in [0.25, 0.3) is 32.3 Å². The summed E-state index contributed by atoms with van der Waals surface area (Å²) in [5.41, 5.74) is 0. The minimum absolute atomic E-state index is 1.34. The Bertz CT molecular complexity index is 843. The Kier molecular flexibility index (Phi) is 2.98. The van der Waals surface area contributed by atoms with E-state index < -0.39 is 0 Å². The number of hydrogen-bond acceptors (Lipinski definition) is 3. The summed E-state index contributed by atoms with van der Waals surface area (Å²) in [5, 5.41) is 13.5. The molecule has 1 aromatic heterocycles. The Morgan fingerprint density at radius 1 is 0.619 bits per heavy atom. The van der Waals surface area contributed by atoms with Crippen LogP contribution in [0.1, 0.15) is 0 Å². The van der Waals surface area contributed by atoms with Crippen LogP contribution in [-0.2, 0) is 0 Å². The Morgan fingerprint density at radius 2 is 1.10 bits per heavy atom. The molecule has 0 amide bonds. The quantitative estimate of drug-likeness (QED) is 0.369. The van der Waals surface area contributed by atoms with Crippen molar-refractivity contribution in [3.05, 3.63) is 72.2 Å². The normalized spacial score (nSPS) is 10.9. The van der Waals surface area contributed by atoms with E-state index in [0.717, 1.165) is 0 Å². The van der Waals surface area contributed by atoms with Crippen LogP contribution in [-0.4, -0.2) is 9.59 Å². The third kappa shape index (κ3) is 2.12. The second kappa shape index (κ2) is 5.11. The largest absolute Gasteiger partial charge is 0.147 e. The van der Waals surface area contributed by atoms with E-state index in [0.29, 0.717) is 0 Å². The lowest BCUT2D eigenvalue weighted by Crippen LogP contribution is -1.82. The molecule has 0 radical (unpaired) electrons. The Morgan fingerprint density at radius 3 is 1.38 bits per heavy atom. The molecule has 0 bridgehead atoms. The van der Waals surface area contributed by atoms with Crippen LogP contribution in [0.15, 0.2) is 72.2 Å². The highest BCUT2D eigenvalue weighted by molar-refractivity contribution is 7.03. The maximum absolute atomic E-state index is 3.51. The molecule has 0 aliphatic carbocycles. The zero-order valence-electron chi connectivity index (χ0n) is 11.2. The molecule has 0 saturated heterocycles. The van der Waals surface area contributed by atoms with Crippen molar-refractivity contribution in [2.24, 2.45) is 0 Å². The van der Waals surface area contributed by atoms with Crippen LogP contribution in [0.4, 0.5) is 0 Å². The molecule has 0 aliphatic heterocycles. The molecular weight excluding hydrogens is 276 g/mol. The summed E-state index contributed by atoms with van der Waals surface area (Å²) in [7, 11) is 0. The van der Waals surface area contributed by atoms with Crippen LogP contribution in [0.5, 0.6) is 0 Å². The fraction of sp³-hybridized carbons (Fsp3) is 0. The summed E-state index contributed by atoms with van der Waals surface area (Å²) in [5.74, 6) is 0. The average Bonchev–Trinajstić information content (AvgIpc) is 3.13. The average molecular weight is 288 g/mol. The SMILES string of the molecule is c1cc2ccc3cccc4ccc(c1)c2c34.c1csnn1. The molecular formula is C18H12N2S. The van der Waals surface area contributed by atoms with Gasteiger partial charge in [0.25, 0.3) is 0 Å². The van der Waals surface area contributed by atoms with Gasteiger partial charge in [-0.3, -0.25) is 0 Å². The molecule has 0 fully saturated rings. The van der Waals surface area contributed by atoms with Crippen molar-refractivity contribution >= 4 is 43.8 Å². The monoisotopic (exact) mass is 288 g/mol. The van der Waals surface area contributed by atoms with E-state index in [2.05, 4.69) is 70.3 Å². The predicted molar refractivity (Wildman–Crippen MR) is 90.1 cm³/mol. The smallest absolute Gasteiger partial charge is 0.0620 e. The molecule has 21 heavy (non-hydrogen) atoms. The van der Waals surface area contributed by atoms with Gasteiger partial charge in [-0.25, -0.2) is 0 Å². The second-order valence-corrected chi connectivity index (χ2v) is 5.52. The molecule has 100 valence electrons. The summed E-state index contributed by atoms with van der Waals surface area (Å²) in [6.45, 7) is 0. The highest BCUT2D eigenvalue weighted by atomic mass is 32.1. The van der Waals surface area contributed by atoms with Gasteiger partial charge < -0.3 is 0 Å². The van der Waals surface area contributed by atoms with Crippen molar-refractivity contribution in [3.63, 3.8) is 0 Å². The molecule has 5 rings (SSSR count). The van der Waals surface area contributed by atoms with Gasteiger partial charge in [0, 0.05) is 5.38 Å². The maximum Gasteiger partial charge on any atom is 0.0620 e. The van der Waals surface area contributed by atoms with Crippen LogP contribution < -0.4 is 0 Å². The highest BCUT2D eigenvalue weighted by Gasteiger charge is 2.05. The highest BCUT2D eigenvalue weighted by Crippen LogP contribution is 2.33. The topological polar surface area (TPSA) is 25.8 Å². The van der Waals surface area contributed by atoms with Crippen LogP contribution in [0.3, 0.4) is 0 Å². The first-order valence-electron chi connectivity index (χ1n) is 6.77. The summed E-state index contributed by atoms with van der Waals surface area (Å²) in [6, 6.07) is 21.9. The zero-order valence-corrected chi connectivity index (χ0v) is 12.0. The standard InChI is InChI=1S/C16H10.C2H2N2S/c1-3-11-7-9-13-5-2-6-14-10-8-12(4-1)15(11)16(13)14;1-2-5-4-3-1/h1-10H;1-2H. The molecule has 4 aromatic carbocycles. The van der Waals surface area contributed by atoms with Crippen LogP contribution >= 0.6 is 11.5 Å². The van der Waals surface area contributed by atoms with Crippen molar-refractivity contribution in [2.75, 3.05) is 0 Å². The van der Waals surface area contributed by atoms with Gasteiger partial charge in [-0.05, 0) is 43.8 Å². The van der Waals surface area contributed by atoms with E-state index in [1.54, 1.807) is 6.20 Å². The Labute approximate surface area is 126 Å². The number of rotatable bonds is 0. The molecule has 0 N–H and O–H groups in total. The van der Waals surface area contributed by atoms with Gasteiger partial charge in [-0.15, -0.1) is 5.10 Å². The van der Waals surface area contributed by atoms with E-state index in [4.69, 9.17) is 0 Å². The van der Waals surface area contributed by atoms with E-state index in [1.165, 1.54) is 43.8 Å². The van der Waals surface area contributed by atoms with E-state index in [-0.39, 0.29) is 0 Å². The summed E-state index contributed by atoms with van der Waals surface area (Å²) in [6.07, 6.45) is 1.66. The minimum atomic E-state index is 1.34. The van der Waals surface area contributed by atoms with Gasteiger partial charge in [-0.2, -0.15) is 0 Å². The minimum Gasteiger partial charge on any atom is -0.147 e. The molecule has 2 nitrogen and oxygen atoms in total. The lowest BCUT2D eigenvalue weighted by Gasteiger charge is -2.09. The fourth-order valence-electron chi connectivity index (χ4n) is 2.81. The summed E-state index contributed by atoms with van der Waals surface area (Å²) < 4.78 is 3.51. The van der Waals surface area contributed by atoms with Crippen molar-refractivity contribution in [3.8, 4) is 0 Å². The van der Waals surface area contributed by atoms with Crippen LogP contribution in [0, 0.1) is 0 Å². The first-order chi connectivity index (χ1) is 10.4. The number of hydrogen-bond donors (Lipinski definition) is 0. The van der Waals surface area contributed by atoms with Crippen molar-refractivity contribution in [1.82, 2.24) is 9.59 Å². The van der Waals surface area contributed by atoms with Gasteiger partial charge in [0.2, 0.25) is 0 Å². The lowest BCUT2D eigenvalue weighted by molar-refractivity contribution is 1.16. The molecule has 0 spiro atoms. The summed E-state index contributed by atoms with van der Waals surface area (Å²) in [4.78, 5) is 0. The molecule has 3 heteroatoms. The Balaban J connectivity index is 0.000000197. The molecule has 0 atom stereocenters. The van der Waals surface area contributed by atoms with E-state index in [9.17, 15) is 0 Å². The predicted octanol–water partition coefficient (Wildman–Crippen LogP) is 5.12. The Hall–Kier alpha value is -2.52. The first kappa shape index (κ1) is 12.2.